The molecule has 0 amide bonds. The molecular weight excluding hydrogens is 244 g/mol. The third-order valence-electron chi connectivity index (χ3n) is 4.59. The Hall–Kier alpha value is -0.0500. The molecular formula is C11H14BrO2-. The lowest BCUT2D eigenvalue weighted by Crippen LogP contribution is -2.57. The van der Waals surface area contributed by atoms with Gasteiger partial charge in [0.1, 0.15) is 0 Å². The second-order valence-electron chi connectivity index (χ2n) is 5.48. The molecule has 0 aliphatic heterocycles. The van der Waals surface area contributed by atoms with Gasteiger partial charge in [-0.05, 0) is 49.9 Å². The summed E-state index contributed by atoms with van der Waals surface area (Å²) in [4.78, 5) is 11.8. The van der Waals surface area contributed by atoms with E-state index in [-0.39, 0.29) is 0 Å². The number of carboxylic acids is 1. The van der Waals surface area contributed by atoms with Crippen LogP contribution in [0.15, 0.2) is 0 Å². The first-order valence-electron chi connectivity index (χ1n) is 5.46. The molecule has 4 aliphatic carbocycles. The Balaban J connectivity index is 1.96. The van der Waals surface area contributed by atoms with E-state index in [1.54, 1.807) is 0 Å². The minimum absolute atomic E-state index is 0.444. The van der Waals surface area contributed by atoms with Gasteiger partial charge in [-0.2, -0.15) is 0 Å². The maximum Gasteiger partial charge on any atom is 0.0476 e. The van der Waals surface area contributed by atoms with E-state index in [1.165, 1.54) is 12.8 Å². The number of hydrogen-bond donors (Lipinski definition) is 0. The topological polar surface area (TPSA) is 40.1 Å². The molecule has 2 atom stereocenters. The fraction of sp³-hybridized carbons (Fsp3) is 0.909. The first-order chi connectivity index (χ1) is 6.61. The third kappa shape index (κ3) is 1.05. The number of alkyl halides is 1. The Morgan fingerprint density at radius 1 is 1.21 bits per heavy atom. The molecule has 4 bridgehead atoms. The highest BCUT2D eigenvalue weighted by Crippen LogP contribution is 2.61. The summed E-state index contributed by atoms with van der Waals surface area (Å²) in [5.74, 6) is 1.08. The summed E-state index contributed by atoms with van der Waals surface area (Å²) in [6.07, 6.45) is 5.08. The van der Waals surface area contributed by atoms with Crippen LogP contribution in [0.5, 0.6) is 0 Å². The predicted molar refractivity (Wildman–Crippen MR) is 53.7 cm³/mol. The Kier molecular flexibility index (Phi) is 1.80. The van der Waals surface area contributed by atoms with E-state index in [9.17, 15) is 9.90 Å². The van der Waals surface area contributed by atoms with Crippen LogP contribution < -0.4 is 5.11 Å². The van der Waals surface area contributed by atoms with Gasteiger partial charge < -0.3 is 9.90 Å². The van der Waals surface area contributed by atoms with E-state index in [2.05, 4.69) is 15.9 Å². The number of aliphatic carboxylic acids is 1. The van der Waals surface area contributed by atoms with Gasteiger partial charge in [-0.3, -0.25) is 0 Å². The highest BCUT2D eigenvalue weighted by atomic mass is 79.9. The maximum atomic E-state index is 11.2. The van der Waals surface area contributed by atoms with Crippen LogP contribution in [0.1, 0.15) is 32.1 Å². The number of carbonyl (C=O) groups is 1. The molecule has 0 aromatic rings. The molecule has 0 N–H and O–H groups in total. The second kappa shape index (κ2) is 2.75. The molecule has 0 spiro atoms. The second-order valence-corrected chi connectivity index (χ2v) is 6.54. The lowest BCUT2D eigenvalue weighted by Gasteiger charge is -2.59. The summed E-state index contributed by atoms with van der Waals surface area (Å²) in [5, 5.41) is 11.2. The SMILES string of the molecule is O=C([O-])C12CC3CC(C1)C(Br)C(C3)C2. The van der Waals surface area contributed by atoms with Gasteiger partial charge in [0.25, 0.3) is 0 Å². The standard InChI is InChI=1S/C11H15BrO2/c12-9-7-1-6-2-8(9)5-11(3-6,4-7)10(13)14/h6-9H,1-5H2,(H,13,14)/p-1. The normalized spacial score (nSPS) is 54.9. The summed E-state index contributed by atoms with van der Waals surface area (Å²) in [6.45, 7) is 0. The van der Waals surface area contributed by atoms with E-state index in [1.807, 2.05) is 0 Å². The van der Waals surface area contributed by atoms with Gasteiger partial charge in [0.05, 0.1) is 0 Å². The van der Waals surface area contributed by atoms with Crippen LogP contribution >= 0.6 is 15.9 Å². The van der Waals surface area contributed by atoms with Gasteiger partial charge in [-0.15, -0.1) is 0 Å². The number of hydrogen-bond acceptors (Lipinski definition) is 2. The molecule has 0 heterocycles. The molecule has 2 nitrogen and oxygen atoms in total. The van der Waals surface area contributed by atoms with Crippen LogP contribution in [0, 0.1) is 23.2 Å². The number of carbonyl (C=O) groups excluding carboxylic acids is 1. The minimum Gasteiger partial charge on any atom is -0.550 e. The van der Waals surface area contributed by atoms with Crippen LogP contribution in [-0.4, -0.2) is 10.8 Å². The number of halogens is 1. The van der Waals surface area contributed by atoms with Crippen molar-refractivity contribution in [1.29, 1.82) is 0 Å². The zero-order valence-electron chi connectivity index (χ0n) is 8.04. The van der Waals surface area contributed by atoms with Gasteiger partial charge in [0.2, 0.25) is 0 Å². The molecule has 4 aliphatic rings. The minimum atomic E-state index is -0.781. The lowest BCUT2D eigenvalue weighted by molar-refractivity contribution is -0.326. The van der Waals surface area contributed by atoms with Crippen molar-refractivity contribution < 1.29 is 9.90 Å². The van der Waals surface area contributed by atoms with E-state index < -0.39 is 11.4 Å². The summed E-state index contributed by atoms with van der Waals surface area (Å²) >= 11 is 3.74. The summed E-state index contributed by atoms with van der Waals surface area (Å²) in [5.41, 5.74) is -0.444. The van der Waals surface area contributed by atoms with E-state index in [0.29, 0.717) is 22.6 Å². The molecule has 0 saturated heterocycles. The van der Waals surface area contributed by atoms with E-state index >= 15 is 0 Å². The van der Waals surface area contributed by atoms with Crippen LogP contribution in [-0.2, 0) is 4.79 Å². The lowest BCUT2D eigenvalue weighted by atomic mass is 9.49. The van der Waals surface area contributed by atoms with Crippen molar-refractivity contribution in [2.45, 2.75) is 36.9 Å². The van der Waals surface area contributed by atoms with Crippen LogP contribution in [0.25, 0.3) is 0 Å². The van der Waals surface area contributed by atoms with Crippen LogP contribution in [0.4, 0.5) is 0 Å². The van der Waals surface area contributed by atoms with E-state index in [4.69, 9.17) is 0 Å². The molecule has 14 heavy (non-hydrogen) atoms. The number of carboxylic acid groups (broad SMARTS) is 1. The van der Waals surface area contributed by atoms with Gasteiger partial charge >= 0.3 is 0 Å². The Morgan fingerprint density at radius 2 is 1.79 bits per heavy atom. The summed E-state index contributed by atoms with van der Waals surface area (Å²) < 4.78 is 0. The van der Waals surface area contributed by atoms with Gasteiger partial charge in [0.15, 0.2) is 0 Å². The molecule has 0 radical (unpaired) electrons. The van der Waals surface area contributed by atoms with Crippen molar-refractivity contribution >= 4 is 21.9 Å². The molecule has 2 unspecified atom stereocenters. The maximum absolute atomic E-state index is 11.2. The average Bonchev–Trinajstić information content (AvgIpc) is 2.12. The highest BCUT2D eigenvalue weighted by molar-refractivity contribution is 9.09. The van der Waals surface area contributed by atoms with Gasteiger partial charge in [0, 0.05) is 16.2 Å². The molecule has 0 aromatic carbocycles. The average molecular weight is 258 g/mol. The van der Waals surface area contributed by atoms with Crippen molar-refractivity contribution in [1.82, 2.24) is 0 Å². The van der Waals surface area contributed by atoms with Crippen molar-refractivity contribution in [3.05, 3.63) is 0 Å². The van der Waals surface area contributed by atoms with Crippen molar-refractivity contribution in [2.24, 2.45) is 23.2 Å². The smallest absolute Gasteiger partial charge is 0.0476 e. The van der Waals surface area contributed by atoms with Gasteiger partial charge in [-0.1, -0.05) is 15.9 Å². The molecule has 0 aromatic heterocycles. The monoisotopic (exact) mass is 257 g/mol. The summed E-state index contributed by atoms with van der Waals surface area (Å²) in [7, 11) is 0. The third-order valence-corrected chi connectivity index (χ3v) is 6.09. The molecule has 3 heteroatoms. The summed E-state index contributed by atoms with van der Waals surface area (Å²) in [6, 6.07) is 0. The molecule has 4 saturated carbocycles. The first-order valence-corrected chi connectivity index (χ1v) is 6.38. The van der Waals surface area contributed by atoms with E-state index in [0.717, 1.165) is 19.3 Å². The Labute approximate surface area is 92.2 Å². The first kappa shape index (κ1) is 9.20. The van der Waals surface area contributed by atoms with Crippen molar-refractivity contribution in [3.63, 3.8) is 0 Å². The predicted octanol–water partition coefficient (Wildman–Crippen LogP) is 1.33. The molecule has 4 fully saturated rings. The molecule has 4 rings (SSSR count). The number of rotatable bonds is 1. The Morgan fingerprint density at radius 3 is 2.29 bits per heavy atom. The molecule has 78 valence electrons. The van der Waals surface area contributed by atoms with Crippen LogP contribution in [0.2, 0.25) is 0 Å². The zero-order chi connectivity index (χ0) is 9.92. The highest BCUT2D eigenvalue weighted by Gasteiger charge is 2.55. The van der Waals surface area contributed by atoms with Crippen LogP contribution in [0.3, 0.4) is 0 Å². The fourth-order valence-corrected chi connectivity index (χ4v) is 5.02. The van der Waals surface area contributed by atoms with Gasteiger partial charge in [-0.25, -0.2) is 0 Å². The zero-order valence-corrected chi connectivity index (χ0v) is 9.63. The largest absolute Gasteiger partial charge is 0.550 e. The van der Waals surface area contributed by atoms with Crippen molar-refractivity contribution in [2.75, 3.05) is 0 Å². The quantitative estimate of drug-likeness (QED) is 0.665. The Bertz CT molecular complexity index is 273. The fourth-order valence-electron chi connectivity index (χ4n) is 4.21. The van der Waals surface area contributed by atoms with Crippen molar-refractivity contribution in [3.8, 4) is 0 Å².